The first-order chi connectivity index (χ1) is 10.6. The summed E-state index contributed by atoms with van der Waals surface area (Å²) in [5.41, 5.74) is 0.635. The predicted molar refractivity (Wildman–Crippen MR) is 92.2 cm³/mol. The molecule has 0 bridgehead atoms. The lowest BCUT2D eigenvalue weighted by atomic mass is 10.3. The molecule has 1 fully saturated rings. The number of benzene rings is 1. The number of amides is 1. The van der Waals surface area contributed by atoms with Gasteiger partial charge in [0.25, 0.3) is 0 Å². The van der Waals surface area contributed by atoms with Crippen LogP contribution in [0.1, 0.15) is 18.5 Å². The minimum Gasteiger partial charge on any atom is -0.426 e. The van der Waals surface area contributed by atoms with Crippen LogP contribution in [-0.4, -0.2) is 23.4 Å². The zero-order valence-electron chi connectivity index (χ0n) is 11.6. The van der Waals surface area contributed by atoms with Crippen LogP contribution < -0.4 is 9.64 Å². The summed E-state index contributed by atoms with van der Waals surface area (Å²) in [6, 6.07) is 7.31. The molecule has 22 heavy (non-hydrogen) atoms. The number of esters is 1. The molecule has 0 saturated carbocycles. The molecule has 1 aromatic heterocycles. The number of carbonyl (C=O) groups is 2. The highest BCUT2D eigenvalue weighted by atomic mass is 127. The average molecular weight is 428 g/mol. The van der Waals surface area contributed by atoms with Gasteiger partial charge in [0.15, 0.2) is 5.13 Å². The largest absolute Gasteiger partial charge is 0.426 e. The Kier molecular flexibility index (Phi) is 4.72. The van der Waals surface area contributed by atoms with Crippen LogP contribution in [-0.2, 0) is 16.0 Å². The van der Waals surface area contributed by atoms with Crippen LogP contribution in [0.25, 0.3) is 0 Å². The minimum absolute atomic E-state index is 0.0994. The van der Waals surface area contributed by atoms with Crippen molar-refractivity contribution in [2.24, 2.45) is 0 Å². The smallest absolute Gasteiger partial charge is 0.317 e. The second-order valence-electron chi connectivity index (χ2n) is 4.88. The summed E-state index contributed by atoms with van der Waals surface area (Å²) < 4.78 is 6.30. The molecule has 2 aromatic rings. The molecule has 1 saturated heterocycles. The molecule has 7 heteroatoms. The highest BCUT2D eigenvalue weighted by Crippen LogP contribution is 2.25. The summed E-state index contributed by atoms with van der Waals surface area (Å²) in [6.07, 6.45) is 1.54. The molecule has 3 rings (SSSR count). The Morgan fingerprint density at radius 2 is 2.32 bits per heavy atom. The van der Waals surface area contributed by atoms with Gasteiger partial charge in [-0.15, -0.1) is 11.3 Å². The van der Waals surface area contributed by atoms with Crippen molar-refractivity contribution in [3.8, 4) is 5.75 Å². The fourth-order valence-corrected chi connectivity index (χ4v) is 3.58. The van der Waals surface area contributed by atoms with Crippen molar-refractivity contribution in [2.75, 3.05) is 11.4 Å². The Hall–Kier alpha value is -1.48. The van der Waals surface area contributed by atoms with Gasteiger partial charge in [0, 0.05) is 21.9 Å². The van der Waals surface area contributed by atoms with Crippen LogP contribution in [0.5, 0.6) is 5.75 Å². The maximum Gasteiger partial charge on any atom is 0.317 e. The molecule has 114 valence electrons. The van der Waals surface area contributed by atoms with Gasteiger partial charge in [-0.25, -0.2) is 4.98 Å². The van der Waals surface area contributed by atoms with Crippen LogP contribution in [0.3, 0.4) is 0 Å². The third-order valence-corrected chi connectivity index (χ3v) is 4.78. The SMILES string of the molecule is O=C(Cc1csc(N2CCCC2=O)n1)Oc1cccc(I)c1. The monoisotopic (exact) mass is 428 g/mol. The van der Waals surface area contributed by atoms with Crippen molar-refractivity contribution in [3.05, 3.63) is 38.9 Å². The number of hydrogen-bond acceptors (Lipinski definition) is 5. The van der Waals surface area contributed by atoms with Crippen molar-refractivity contribution >= 4 is 50.9 Å². The fraction of sp³-hybridized carbons (Fsp3) is 0.267. The van der Waals surface area contributed by atoms with Gasteiger partial charge in [-0.1, -0.05) is 6.07 Å². The molecule has 2 heterocycles. The lowest BCUT2D eigenvalue weighted by molar-refractivity contribution is -0.133. The number of halogens is 1. The Bertz CT molecular complexity index is 716. The third kappa shape index (κ3) is 3.64. The van der Waals surface area contributed by atoms with E-state index in [1.54, 1.807) is 22.4 Å². The van der Waals surface area contributed by atoms with Gasteiger partial charge in [0.05, 0.1) is 12.1 Å². The van der Waals surface area contributed by atoms with Crippen LogP contribution in [0.4, 0.5) is 5.13 Å². The molecule has 0 atom stereocenters. The second kappa shape index (κ2) is 6.74. The summed E-state index contributed by atoms with van der Waals surface area (Å²) in [6.45, 7) is 0.707. The zero-order chi connectivity index (χ0) is 15.5. The summed E-state index contributed by atoms with van der Waals surface area (Å²) >= 11 is 3.55. The van der Waals surface area contributed by atoms with Crippen molar-refractivity contribution in [1.29, 1.82) is 0 Å². The van der Waals surface area contributed by atoms with Crippen molar-refractivity contribution in [3.63, 3.8) is 0 Å². The topological polar surface area (TPSA) is 59.5 Å². The van der Waals surface area contributed by atoms with Gasteiger partial charge >= 0.3 is 5.97 Å². The number of hydrogen-bond donors (Lipinski definition) is 0. The third-order valence-electron chi connectivity index (χ3n) is 3.20. The summed E-state index contributed by atoms with van der Waals surface area (Å²) in [4.78, 5) is 29.7. The van der Waals surface area contributed by atoms with Gasteiger partial charge in [-0.05, 0) is 47.2 Å². The lowest BCUT2D eigenvalue weighted by Gasteiger charge is -2.10. The van der Waals surface area contributed by atoms with E-state index in [1.165, 1.54) is 11.3 Å². The fourth-order valence-electron chi connectivity index (χ4n) is 2.20. The van der Waals surface area contributed by atoms with E-state index in [0.717, 1.165) is 9.99 Å². The summed E-state index contributed by atoms with van der Waals surface area (Å²) in [5, 5.41) is 2.47. The summed E-state index contributed by atoms with van der Waals surface area (Å²) in [7, 11) is 0. The quantitative estimate of drug-likeness (QED) is 0.427. The molecule has 0 unspecified atom stereocenters. The first-order valence-corrected chi connectivity index (χ1v) is 8.79. The number of nitrogens with zero attached hydrogens (tertiary/aromatic N) is 2. The molecule has 5 nitrogen and oxygen atoms in total. The zero-order valence-corrected chi connectivity index (χ0v) is 14.6. The molecule has 1 aliphatic rings. The van der Waals surface area contributed by atoms with E-state index in [4.69, 9.17) is 4.74 Å². The van der Waals surface area contributed by atoms with E-state index in [1.807, 2.05) is 12.1 Å². The van der Waals surface area contributed by atoms with E-state index in [-0.39, 0.29) is 18.3 Å². The van der Waals surface area contributed by atoms with Gasteiger partial charge < -0.3 is 4.74 Å². The highest BCUT2D eigenvalue weighted by Gasteiger charge is 2.24. The van der Waals surface area contributed by atoms with E-state index < -0.39 is 0 Å². The molecular weight excluding hydrogens is 415 g/mol. The number of ether oxygens (including phenoxy) is 1. The lowest BCUT2D eigenvalue weighted by Crippen LogP contribution is -2.23. The van der Waals surface area contributed by atoms with Crippen molar-refractivity contribution in [2.45, 2.75) is 19.3 Å². The van der Waals surface area contributed by atoms with E-state index in [2.05, 4.69) is 27.6 Å². The molecule has 0 N–H and O–H groups in total. The molecule has 0 radical (unpaired) electrons. The molecule has 0 spiro atoms. The summed E-state index contributed by atoms with van der Waals surface area (Å²) in [5.74, 6) is 0.274. The Labute approximate surface area is 145 Å². The van der Waals surface area contributed by atoms with E-state index in [0.29, 0.717) is 29.5 Å². The number of carbonyl (C=O) groups excluding carboxylic acids is 2. The number of thiazole rings is 1. The number of aromatic nitrogens is 1. The first-order valence-electron chi connectivity index (χ1n) is 6.83. The van der Waals surface area contributed by atoms with Gasteiger partial charge in [0.1, 0.15) is 5.75 Å². The van der Waals surface area contributed by atoms with Crippen LogP contribution in [0, 0.1) is 3.57 Å². The molecular formula is C15H13IN2O3S. The van der Waals surface area contributed by atoms with Crippen LogP contribution in [0.15, 0.2) is 29.6 Å². The van der Waals surface area contributed by atoms with E-state index >= 15 is 0 Å². The Morgan fingerprint density at radius 3 is 3.05 bits per heavy atom. The minimum atomic E-state index is -0.355. The van der Waals surface area contributed by atoms with Crippen LogP contribution >= 0.6 is 33.9 Å². The van der Waals surface area contributed by atoms with Crippen LogP contribution in [0.2, 0.25) is 0 Å². The maximum atomic E-state index is 11.9. The van der Waals surface area contributed by atoms with Crippen molar-refractivity contribution < 1.29 is 14.3 Å². The number of anilines is 1. The van der Waals surface area contributed by atoms with Gasteiger partial charge in [-0.2, -0.15) is 0 Å². The molecule has 1 aromatic carbocycles. The maximum absolute atomic E-state index is 11.9. The Morgan fingerprint density at radius 1 is 1.45 bits per heavy atom. The average Bonchev–Trinajstić information content (AvgIpc) is 3.07. The predicted octanol–water partition coefficient (Wildman–Crippen LogP) is 3.02. The normalized spacial score (nSPS) is 14.4. The highest BCUT2D eigenvalue weighted by molar-refractivity contribution is 14.1. The van der Waals surface area contributed by atoms with Gasteiger partial charge in [-0.3, -0.25) is 14.5 Å². The molecule has 0 aliphatic carbocycles. The standard InChI is InChI=1S/C15H13IN2O3S/c16-10-3-1-4-12(7-10)21-14(20)8-11-9-22-15(17-11)18-6-2-5-13(18)19/h1,3-4,7,9H,2,5-6,8H2. The molecule has 1 aliphatic heterocycles. The van der Waals surface area contributed by atoms with E-state index in [9.17, 15) is 9.59 Å². The number of rotatable bonds is 4. The molecule has 1 amide bonds. The second-order valence-corrected chi connectivity index (χ2v) is 6.96. The van der Waals surface area contributed by atoms with Crippen molar-refractivity contribution in [1.82, 2.24) is 4.98 Å². The first kappa shape index (κ1) is 15.4. The van der Waals surface area contributed by atoms with Gasteiger partial charge in [0.2, 0.25) is 5.91 Å². The Balaban J connectivity index is 1.62.